The molecule has 0 aliphatic heterocycles. The van der Waals surface area contributed by atoms with Crippen LogP contribution in [0.3, 0.4) is 0 Å². The van der Waals surface area contributed by atoms with Crippen LogP contribution in [0.2, 0.25) is 0 Å². The van der Waals surface area contributed by atoms with Crippen LogP contribution in [0.1, 0.15) is 21.5 Å². The normalized spacial score (nSPS) is 10.6. The first-order valence-electron chi connectivity index (χ1n) is 9.30. The molecule has 152 valence electrons. The first-order valence-corrected chi connectivity index (χ1v) is 10.1. The maximum absolute atomic E-state index is 12.7. The van der Waals surface area contributed by atoms with Gasteiger partial charge in [0.05, 0.1) is 11.8 Å². The van der Waals surface area contributed by atoms with Crippen molar-refractivity contribution in [3.8, 4) is 11.5 Å². The Morgan fingerprint density at radius 1 is 1.00 bits per heavy atom. The molecule has 0 radical (unpaired) electrons. The van der Waals surface area contributed by atoms with Gasteiger partial charge in [-0.2, -0.15) is 5.10 Å². The van der Waals surface area contributed by atoms with Crippen LogP contribution in [0.5, 0.6) is 11.5 Å². The third-order valence-corrected chi connectivity index (χ3v) is 4.56. The standard InChI is InChI=1S/C24H21BrN2O3/c1-2-14-29-22-11-7-6-10-19(22)16-26-27-24(28)21-15-20(25)12-13-23(21)30-17-18-8-4-3-5-9-18/h2-13,15-16H,1,14,17H2,(H,27,28)/b26-16-. The topological polar surface area (TPSA) is 59.9 Å². The van der Waals surface area contributed by atoms with E-state index in [0.717, 1.165) is 15.6 Å². The van der Waals surface area contributed by atoms with E-state index in [-0.39, 0.29) is 5.91 Å². The minimum Gasteiger partial charge on any atom is -0.489 e. The molecule has 0 heterocycles. The Labute approximate surface area is 184 Å². The van der Waals surface area contributed by atoms with Gasteiger partial charge in [0.2, 0.25) is 0 Å². The van der Waals surface area contributed by atoms with Crippen molar-refractivity contribution in [1.82, 2.24) is 5.43 Å². The van der Waals surface area contributed by atoms with Crippen molar-refractivity contribution in [1.29, 1.82) is 0 Å². The number of nitrogens with zero attached hydrogens (tertiary/aromatic N) is 1. The molecule has 6 heteroatoms. The lowest BCUT2D eigenvalue weighted by Gasteiger charge is -2.11. The number of rotatable bonds is 9. The minimum absolute atomic E-state index is 0.361. The summed E-state index contributed by atoms with van der Waals surface area (Å²) in [4.78, 5) is 12.7. The summed E-state index contributed by atoms with van der Waals surface area (Å²) >= 11 is 3.40. The Kier molecular flexibility index (Phi) is 7.80. The van der Waals surface area contributed by atoms with Crippen LogP contribution >= 0.6 is 15.9 Å². The van der Waals surface area contributed by atoms with Crippen LogP contribution in [0.15, 0.2) is 95.0 Å². The van der Waals surface area contributed by atoms with Crippen LogP contribution in [0.25, 0.3) is 0 Å². The molecule has 0 fully saturated rings. The van der Waals surface area contributed by atoms with Gasteiger partial charge in [-0.3, -0.25) is 4.79 Å². The van der Waals surface area contributed by atoms with E-state index in [4.69, 9.17) is 9.47 Å². The zero-order valence-corrected chi connectivity index (χ0v) is 17.8. The number of ether oxygens (including phenoxy) is 2. The Morgan fingerprint density at radius 2 is 1.77 bits per heavy atom. The van der Waals surface area contributed by atoms with Gasteiger partial charge in [-0.1, -0.05) is 71.0 Å². The second-order valence-corrected chi connectivity index (χ2v) is 7.17. The highest BCUT2D eigenvalue weighted by Crippen LogP contribution is 2.24. The average molecular weight is 465 g/mol. The highest BCUT2D eigenvalue weighted by Gasteiger charge is 2.13. The summed E-state index contributed by atoms with van der Waals surface area (Å²) in [6.45, 7) is 4.39. The second kappa shape index (κ2) is 11.0. The van der Waals surface area contributed by atoms with E-state index in [1.54, 1.807) is 24.4 Å². The number of hydrogen-bond donors (Lipinski definition) is 1. The molecule has 5 nitrogen and oxygen atoms in total. The highest BCUT2D eigenvalue weighted by molar-refractivity contribution is 9.10. The fourth-order valence-corrected chi connectivity index (χ4v) is 2.99. The van der Waals surface area contributed by atoms with Crippen molar-refractivity contribution >= 4 is 28.1 Å². The Balaban J connectivity index is 1.70. The van der Waals surface area contributed by atoms with Gasteiger partial charge in [0.1, 0.15) is 24.7 Å². The maximum Gasteiger partial charge on any atom is 0.275 e. The number of para-hydroxylation sites is 1. The van der Waals surface area contributed by atoms with Crippen molar-refractivity contribution in [2.75, 3.05) is 6.61 Å². The molecule has 0 spiro atoms. The lowest BCUT2D eigenvalue weighted by atomic mass is 10.2. The summed E-state index contributed by atoms with van der Waals surface area (Å²) in [5.41, 5.74) is 4.69. The molecule has 0 saturated carbocycles. The Morgan fingerprint density at radius 3 is 2.57 bits per heavy atom. The molecule has 30 heavy (non-hydrogen) atoms. The van der Waals surface area contributed by atoms with Crippen LogP contribution in [-0.2, 0) is 6.61 Å². The van der Waals surface area contributed by atoms with E-state index in [1.807, 2.05) is 60.7 Å². The van der Waals surface area contributed by atoms with Gasteiger partial charge >= 0.3 is 0 Å². The number of nitrogens with one attached hydrogen (secondary N) is 1. The second-order valence-electron chi connectivity index (χ2n) is 6.25. The zero-order valence-electron chi connectivity index (χ0n) is 16.3. The third kappa shape index (κ3) is 6.06. The molecule has 0 atom stereocenters. The predicted octanol–water partition coefficient (Wildman–Crippen LogP) is 5.36. The molecule has 1 N–H and O–H groups in total. The summed E-state index contributed by atoms with van der Waals surface area (Å²) < 4.78 is 12.2. The van der Waals surface area contributed by atoms with Gasteiger partial charge in [0.25, 0.3) is 5.91 Å². The van der Waals surface area contributed by atoms with E-state index in [9.17, 15) is 4.79 Å². The molecule has 0 aromatic heterocycles. The molecule has 0 unspecified atom stereocenters. The summed E-state index contributed by atoms with van der Waals surface area (Å²) in [6.07, 6.45) is 3.21. The van der Waals surface area contributed by atoms with Crippen LogP contribution in [0, 0.1) is 0 Å². The van der Waals surface area contributed by atoms with Crippen LogP contribution in [0.4, 0.5) is 0 Å². The molecule has 0 aliphatic carbocycles. The number of halogens is 1. The number of hydrogen-bond acceptors (Lipinski definition) is 4. The third-order valence-electron chi connectivity index (χ3n) is 4.07. The van der Waals surface area contributed by atoms with E-state index >= 15 is 0 Å². The van der Waals surface area contributed by atoms with Crippen LogP contribution < -0.4 is 14.9 Å². The lowest BCUT2D eigenvalue weighted by Crippen LogP contribution is -2.19. The van der Waals surface area contributed by atoms with Crippen molar-refractivity contribution < 1.29 is 14.3 Å². The molecule has 3 aromatic rings. The van der Waals surface area contributed by atoms with E-state index < -0.39 is 0 Å². The number of benzene rings is 3. The number of carbonyl (C=O) groups excluding carboxylic acids is 1. The largest absolute Gasteiger partial charge is 0.489 e. The number of amides is 1. The van der Waals surface area contributed by atoms with Crippen LogP contribution in [-0.4, -0.2) is 18.7 Å². The summed E-state index contributed by atoms with van der Waals surface area (Å²) in [6, 6.07) is 22.5. The van der Waals surface area contributed by atoms with E-state index in [1.165, 1.54) is 0 Å². The van der Waals surface area contributed by atoms with Gasteiger partial charge in [0.15, 0.2) is 0 Å². The van der Waals surface area contributed by atoms with E-state index in [2.05, 4.69) is 33.0 Å². The Bertz CT molecular complexity index is 1040. The monoisotopic (exact) mass is 464 g/mol. The molecule has 0 saturated heterocycles. The zero-order chi connectivity index (χ0) is 21.2. The minimum atomic E-state index is -0.375. The smallest absolute Gasteiger partial charge is 0.275 e. The van der Waals surface area contributed by atoms with E-state index in [0.29, 0.717) is 30.3 Å². The summed E-state index contributed by atoms with van der Waals surface area (Å²) in [7, 11) is 0. The fourth-order valence-electron chi connectivity index (χ4n) is 2.63. The molecular formula is C24H21BrN2O3. The van der Waals surface area contributed by atoms with Crippen molar-refractivity contribution in [2.24, 2.45) is 5.10 Å². The highest BCUT2D eigenvalue weighted by atomic mass is 79.9. The number of hydrazone groups is 1. The first-order chi connectivity index (χ1) is 14.7. The molecule has 0 bridgehead atoms. The van der Waals surface area contributed by atoms with Gasteiger partial charge in [0, 0.05) is 10.0 Å². The molecular weight excluding hydrogens is 444 g/mol. The van der Waals surface area contributed by atoms with Gasteiger partial charge in [-0.25, -0.2) is 5.43 Å². The summed E-state index contributed by atoms with van der Waals surface area (Å²) in [5, 5.41) is 4.07. The molecule has 0 aliphatic rings. The van der Waals surface area contributed by atoms with Crippen molar-refractivity contribution in [3.63, 3.8) is 0 Å². The number of carbonyl (C=O) groups is 1. The van der Waals surface area contributed by atoms with Crippen molar-refractivity contribution in [2.45, 2.75) is 6.61 Å². The van der Waals surface area contributed by atoms with Crippen molar-refractivity contribution in [3.05, 3.63) is 107 Å². The average Bonchev–Trinajstić information content (AvgIpc) is 2.78. The maximum atomic E-state index is 12.7. The van der Waals surface area contributed by atoms with Gasteiger partial charge < -0.3 is 9.47 Å². The first kappa shape index (κ1) is 21.3. The molecule has 1 amide bonds. The SMILES string of the molecule is C=CCOc1ccccc1/C=N\NC(=O)c1cc(Br)ccc1OCc1ccccc1. The lowest BCUT2D eigenvalue weighted by molar-refractivity contribution is 0.0950. The fraction of sp³-hybridized carbons (Fsp3) is 0.0833. The molecule has 3 rings (SSSR count). The van der Waals surface area contributed by atoms with Gasteiger partial charge in [-0.15, -0.1) is 0 Å². The Hall–Kier alpha value is -3.38. The quantitative estimate of drug-likeness (QED) is 0.263. The predicted molar refractivity (Wildman–Crippen MR) is 122 cm³/mol. The molecule has 3 aromatic carbocycles. The van der Waals surface area contributed by atoms with Gasteiger partial charge in [-0.05, 0) is 35.9 Å². The summed E-state index contributed by atoms with van der Waals surface area (Å²) in [5.74, 6) is 0.759.